The number of hydrogen-bond acceptors (Lipinski definition) is 7. The molecule has 0 saturated carbocycles. The van der Waals surface area contributed by atoms with E-state index >= 15 is 0 Å². The molecule has 3 aliphatic rings. The Morgan fingerprint density at radius 3 is 2.56 bits per heavy atom. The minimum Gasteiger partial charge on any atom is -0.389 e. The molecule has 0 radical (unpaired) electrons. The van der Waals surface area contributed by atoms with Gasteiger partial charge in [-0.2, -0.15) is 9.17 Å². The monoisotopic (exact) mass is 397 g/mol. The van der Waals surface area contributed by atoms with Crippen molar-refractivity contribution in [2.75, 3.05) is 55.5 Å². The van der Waals surface area contributed by atoms with Gasteiger partial charge in [0.1, 0.15) is 5.69 Å². The number of β-amino-alcohol motifs (C(OH)–C–C–N with tert-alkyl or cyclic N) is 1. The third kappa shape index (κ3) is 4.18. The van der Waals surface area contributed by atoms with Crippen molar-refractivity contribution in [3.63, 3.8) is 0 Å². The van der Waals surface area contributed by atoms with Gasteiger partial charge in [0.05, 0.1) is 13.2 Å². The standard InChI is InChI=1S/C17H27N4O3S.C2H6/c1-3-21(12-4-7-24-8-5-12)16-15-14(6-9-25(15)23-2)18-17(19-16)20-10-13(22)11-20;1-2/h12-13,22H,3-11H2,1-2H3;1-2H3/q+1;. The van der Waals surface area contributed by atoms with Crippen molar-refractivity contribution in [1.29, 1.82) is 0 Å². The largest absolute Gasteiger partial charge is 0.389 e. The number of ether oxygens (including phenoxy) is 1. The van der Waals surface area contributed by atoms with E-state index in [1.165, 1.54) is 4.90 Å². The van der Waals surface area contributed by atoms with Gasteiger partial charge in [0.25, 0.3) is 4.90 Å². The van der Waals surface area contributed by atoms with E-state index in [-0.39, 0.29) is 17.3 Å². The van der Waals surface area contributed by atoms with Gasteiger partial charge >= 0.3 is 0 Å². The van der Waals surface area contributed by atoms with E-state index in [2.05, 4.69) is 16.7 Å². The van der Waals surface area contributed by atoms with Crippen LogP contribution in [0.1, 0.15) is 39.3 Å². The number of aliphatic hydroxyl groups is 1. The lowest BCUT2D eigenvalue weighted by atomic mass is 10.1. The van der Waals surface area contributed by atoms with E-state index in [9.17, 15) is 5.11 Å². The zero-order valence-electron chi connectivity index (χ0n) is 17.0. The van der Waals surface area contributed by atoms with Gasteiger partial charge < -0.3 is 19.6 Å². The number of nitrogens with zero attached hydrogens (tertiary/aromatic N) is 4. The fraction of sp³-hybridized carbons (Fsp3) is 0.789. The van der Waals surface area contributed by atoms with Crippen molar-refractivity contribution >= 4 is 22.9 Å². The highest BCUT2D eigenvalue weighted by molar-refractivity contribution is 7.92. The molecule has 0 spiro atoms. The van der Waals surface area contributed by atoms with Gasteiger partial charge in [-0.3, -0.25) is 0 Å². The summed E-state index contributed by atoms with van der Waals surface area (Å²) in [5, 5.41) is 9.64. The lowest BCUT2D eigenvalue weighted by molar-refractivity contribution is 0.0844. The van der Waals surface area contributed by atoms with Crippen LogP contribution in [0.5, 0.6) is 0 Å². The second-order valence-corrected chi connectivity index (χ2v) is 8.62. The Morgan fingerprint density at radius 2 is 1.96 bits per heavy atom. The minimum absolute atomic E-state index is 0.226. The van der Waals surface area contributed by atoms with Gasteiger partial charge in [-0.1, -0.05) is 13.8 Å². The number of fused-ring (bicyclic) bond motifs is 1. The molecule has 7 nitrogen and oxygen atoms in total. The molecule has 0 aromatic carbocycles. The molecule has 2 fully saturated rings. The first kappa shape index (κ1) is 20.6. The minimum atomic E-state index is -0.258. The third-order valence-corrected chi connectivity index (χ3v) is 7.10. The Bertz CT molecular complexity index is 621. The molecule has 3 aliphatic heterocycles. The van der Waals surface area contributed by atoms with Crippen LogP contribution in [0.2, 0.25) is 0 Å². The van der Waals surface area contributed by atoms with Crippen LogP contribution in [0.4, 0.5) is 11.8 Å². The van der Waals surface area contributed by atoms with Gasteiger partial charge in [0, 0.05) is 45.3 Å². The summed E-state index contributed by atoms with van der Waals surface area (Å²) in [6.45, 7) is 9.98. The second-order valence-electron chi connectivity index (χ2n) is 6.78. The molecule has 4 heterocycles. The normalized spacial score (nSPS) is 22.7. The maximum Gasteiger partial charge on any atom is 0.254 e. The highest BCUT2D eigenvalue weighted by Crippen LogP contribution is 2.38. The van der Waals surface area contributed by atoms with E-state index in [4.69, 9.17) is 18.9 Å². The molecule has 0 aliphatic carbocycles. The van der Waals surface area contributed by atoms with Crippen LogP contribution in [0.3, 0.4) is 0 Å². The molecule has 1 aromatic rings. The average Bonchev–Trinajstić information content (AvgIpc) is 3.11. The first-order valence-corrected chi connectivity index (χ1v) is 11.5. The van der Waals surface area contributed by atoms with Gasteiger partial charge in [-0.25, -0.2) is 4.98 Å². The van der Waals surface area contributed by atoms with E-state index in [0.29, 0.717) is 19.1 Å². The molecular formula is C19H33N4O3S+. The molecular weight excluding hydrogens is 364 g/mol. The summed E-state index contributed by atoms with van der Waals surface area (Å²) in [7, 11) is 1.78. The SMILES string of the molecule is CC.CCN(c1nc(N2CC(O)C2)nc2c1[S+](OC)CC2)C1CCOCC1. The quantitative estimate of drug-likeness (QED) is 0.760. The number of aryl methyl sites for hydroxylation is 1. The Morgan fingerprint density at radius 1 is 1.26 bits per heavy atom. The zero-order valence-corrected chi connectivity index (χ0v) is 17.8. The van der Waals surface area contributed by atoms with Gasteiger partial charge in [0.15, 0.2) is 22.7 Å². The lowest BCUT2D eigenvalue weighted by Crippen LogP contribution is -2.52. The number of aliphatic hydroxyl groups excluding tert-OH is 1. The maximum absolute atomic E-state index is 9.64. The number of aromatic nitrogens is 2. The molecule has 8 heteroatoms. The summed E-state index contributed by atoms with van der Waals surface area (Å²) in [6.07, 6.45) is 2.75. The zero-order chi connectivity index (χ0) is 19.4. The summed E-state index contributed by atoms with van der Waals surface area (Å²) >= 11 is -0.226. The van der Waals surface area contributed by atoms with Crippen LogP contribution in [0, 0.1) is 0 Å². The van der Waals surface area contributed by atoms with Crippen molar-refractivity contribution in [2.45, 2.75) is 57.1 Å². The van der Waals surface area contributed by atoms with Crippen LogP contribution in [0.15, 0.2) is 4.90 Å². The highest BCUT2D eigenvalue weighted by Gasteiger charge is 2.43. The second kappa shape index (κ2) is 9.41. The molecule has 0 amide bonds. The van der Waals surface area contributed by atoms with Gasteiger partial charge in [-0.15, -0.1) is 0 Å². The van der Waals surface area contributed by atoms with E-state index in [1.807, 2.05) is 13.8 Å². The van der Waals surface area contributed by atoms with Crippen molar-refractivity contribution in [3.05, 3.63) is 5.69 Å². The van der Waals surface area contributed by atoms with Crippen molar-refractivity contribution in [3.8, 4) is 0 Å². The summed E-state index contributed by atoms with van der Waals surface area (Å²) in [4.78, 5) is 15.5. The first-order valence-electron chi connectivity index (χ1n) is 10.1. The van der Waals surface area contributed by atoms with Crippen LogP contribution in [0.25, 0.3) is 0 Å². The Labute approximate surface area is 165 Å². The van der Waals surface area contributed by atoms with Crippen LogP contribution < -0.4 is 9.80 Å². The Kier molecular flexibility index (Phi) is 7.19. The van der Waals surface area contributed by atoms with Crippen LogP contribution >= 0.6 is 0 Å². The van der Waals surface area contributed by atoms with Crippen molar-refractivity contribution < 1.29 is 14.0 Å². The predicted octanol–water partition coefficient (Wildman–Crippen LogP) is 1.78. The highest BCUT2D eigenvalue weighted by atomic mass is 32.2. The fourth-order valence-electron chi connectivity index (χ4n) is 3.86. The summed E-state index contributed by atoms with van der Waals surface area (Å²) in [5.41, 5.74) is 1.12. The molecule has 1 atom stereocenters. The molecule has 1 aromatic heterocycles. The van der Waals surface area contributed by atoms with E-state index in [0.717, 1.165) is 62.2 Å². The number of anilines is 2. The first-order chi connectivity index (χ1) is 13.2. The van der Waals surface area contributed by atoms with Crippen molar-refractivity contribution in [2.24, 2.45) is 0 Å². The Hall–Kier alpha value is -1.09. The van der Waals surface area contributed by atoms with Crippen molar-refractivity contribution in [1.82, 2.24) is 9.97 Å². The van der Waals surface area contributed by atoms with E-state index < -0.39 is 0 Å². The topological polar surface area (TPSA) is 71.0 Å². The number of hydrogen-bond donors (Lipinski definition) is 1. The smallest absolute Gasteiger partial charge is 0.254 e. The van der Waals surface area contributed by atoms with E-state index in [1.54, 1.807) is 7.11 Å². The summed E-state index contributed by atoms with van der Waals surface area (Å²) < 4.78 is 11.3. The molecule has 1 unspecified atom stereocenters. The molecule has 0 bridgehead atoms. The third-order valence-electron chi connectivity index (χ3n) is 5.25. The molecule has 152 valence electrons. The molecule has 1 N–H and O–H groups in total. The van der Waals surface area contributed by atoms with Crippen LogP contribution in [-0.2, 0) is 26.5 Å². The van der Waals surface area contributed by atoms with Gasteiger partial charge in [-0.05, 0) is 19.8 Å². The fourth-order valence-corrected chi connectivity index (χ4v) is 5.56. The predicted molar refractivity (Wildman–Crippen MR) is 110 cm³/mol. The molecule has 2 saturated heterocycles. The lowest BCUT2D eigenvalue weighted by Gasteiger charge is -2.38. The summed E-state index contributed by atoms with van der Waals surface area (Å²) in [5.74, 6) is 2.79. The Balaban J connectivity index is 0.00000102. The maximum atomic E-state index is 9.64. The molecule has 27 heavy (non-hydrogen) atoms. The van der Waals surface area contributed by atoms with Crippen LogP contribution in [-0.4, -0.2) is 72.9 Å². The molecule has 4 rings (SSSR count). The average molecular weight is 398 g/mol. The number of rotatable bonds is 5. The van der Waals surface area contributed by atoms with Gasteiger partial charge in [0.2, 0.25) is 5.95 Å². The summed E-state index contributed by atoms with van der Waals surface area (Å²) in [6, 6.07) is 0.454.